The van der Waals surface area contributed by atoms with Crippen LogP contribution in [0, 0.1) is 11.3 Å². The van der Waals surface area contributed by atoms with E-state index < -0.39 is 0 Å². The van der Waals surface area contributed by atoms with E-state index in [1.165, 1.54) is 0 Å². The van der Waals surface area contributed by atoms with Gasteiger partial charge in [-0.3, -0.25) is 0 Å². The molecule has 0 fully saturated rings. The fourth-order valence-electron chi connectivity index (χ4n) is 1.28. The number of nitriles is 1. The maximum atomic E-state index is 8.87. The van der Waals surface area contributed by atoms with E-state index in [2.05, 4.69) is 6.07 Å². The molecule has 0 N–H and O–H groups in total. The summed E-state index contributed by atoms with van der Waals surface area (Å²) in [6.45, 7) is 0. The number of benzene rings is 1. The monoisotopic (exact) mass is 223 g/mol. The van der Waals surface area contributed by atoms with E-state index in [0.717, 1.165) is 10.1 Å². The Labute approximate surface area is 90.3 Å². The highest BCUT2D eigenvalue weighted by atomic mass is 35.5. The van der Waals surface area contributed by atoms with Crippen molar-refractivity contribution >= 4 is 33.0 Å². The molecule has 1 aromatic carbocycles. The summed E-state index contributed by atoms with van der Waals surface area (Å²) in [4.78, 5) is 0. The standard InChI is InChI=1S/C10H6ClNOS/c1-13-9-3-10-7(2-6(9)4-12)8(11)5-14-10/h2-3,5H,1H3. The van der Waals surface area contributed by atoms with Crippen molar-refractivity contribution in [1.82, 2.24) is 0 Å². The second kappa shape index (κ2) is 3.49. The van der Waals surface area contributed by atoms with Crippen LogP contribution in [0.2, 0.25) is 5.02 Å². The summed E-state index contributed by atoms with van der Waals surface area (Å²) in [6, 6.07) is 5.67. The predicted octanol–water partition coefficient (Wildman–Crippen LogP) is 3.43. The van der Waals surface area contributed by atoms with Gasteiger partial charge in [0, 0.05) is 15.5 Å². The second-order valence-corrected chi connectivity index (χ2v) is 4.06. The van der Waals surface area contributed by atoms with E-state index in [1.807, 2.05) is 11.4 Å². The Hall–Kier alpha value is -1.24. The van der Waals surface area contributed by atoms with E-state index in [1.54, 1.807) is 24.5 Å². The van der Waals surface area contributed by atoms with Crippen molar-refractivity contribution in [2.45, 2.75) is 0 Å². The summed E-state index contributed by atoms with van der Waals surface area (Å²) in [6.07, 6.45) is 0. The number of fused-ring (bicyclic) bond motifs is 1. The van der Waals surface area contributed by atoms with Gasteiger partial charge in [-0.1, -0.05) is 11.6 Å². The van der Waals surface area contributed by atoms with Crippen LogP contribution < -0.4 is 4.74 Å². The smallest absolute Gasteiger partial charge is 0.138 e. The molecule has 0 unspecified atom stereocenters. The van der Waals surface area contributed by atoms with Gasteiger partial charge >= 0.3 is 0 Å². The van der Waals surface area contributed by atoms with Crippen molar-refractivity contribution in [2.24, 2.45) is 0 Å². The van der Waals surface area contributed by atoms with Gasteiger partial charge in [0.2, 0.25) is 0 Å². The van der Waals surface area contributed by atoms with Gasteiger partial charge in [-0.15, -0.1) is 11.3 Å². The van der Waals surface area contributed by atoms with E-state index >= 15 is 0 Å². The molecule has 0 saturated carbocycles. The molecule has 14 heavy (non-hydrogen) atoms. The van der Waals surface area contributed by atoms with Gasteiger partial charge in [0.25, 0.3) is 0 Å². The SMILES string of the molecule is COc1cc2scc(Cl)c2cc1C#N. The molecule has 0 atom stereocenters. The minimum absolute atomic E-state index is 0.514. The predicted molar refractivity (Wildman–Crippen MR) is 58.1 cm³/mol. The Bertz CT molecular complexity index is 527. The van der Waals surface area contributed by atoms with Crippen molar-refractivity contribution in [3.05, 3.63) is 28.1 Å². The number of rotatable bonds is 1. The Balaban J connectivity index is 2.79. The van der Waals surface area contributed by atoms with Gasteiger partial charge in [-0.25, -0.2) is 0 Å². The largest absolute Gasteiger partial charge is 0.495 e. The molecule has 2 rings (SSSR count). The number of thiophene rings is 1. The van der Waals surface area contributed by atoms with Gasteiger partial charge in [0.05, 0.1) is 17.7 Å². The van der Waals surface area contributed by atoms with Gasteiger partial charge in [0.15, 0.2) is 0 Å². The highest BCUT2D eigenvalue weighted by molar-refractivity contribution is 7.17. The van der Waals surface area contributed by atoms with Crippen molar-refractivity contribution in [2.75, 3.05) is 7.11 Å². The molecule has 0 saturated heterocycles. The third kappa shape index (κ3) is 1.33. The highest BCUT2D eigenvalue weighted by Gasteiger charge is 2.08. The van der Waals surface area contributed by atoms with Gasteiger partial charge in [-0.2, -0.15) is 5.26 Å². The summed E-state index contributed by atoms with van der Waals surface area (Å²) in [5.74, 6) is 0.596. The third-order valence-electron chi connectivity index (χ3n) is 1.97. The topological polar surface area (TPSA) is 33.0 Å². The lowest BCUT2D eigenvalue weighted by Gasteiger charge is -2.01. The molecule has 0 aliphatic rings. The molecular formula is C10H6ClNOS. The average molecular weight is 224 g/mol. The lowest BCUT2D eigenvalue weighted by molar-refractivity contribution is 0.414. The Kier molecular flexibility index (Phi) is 2.32. The molecule has 70 valence electrons. The molecule has 2 nitrogen and oxygen atoms in total. The first-order chi connectivity index (χ1) is 6.76. The lowest BCUT2D eigenvalue weighted by Crippen LogP contribution is -1.86. The van der Waals surface area contributed by atoms with Crippen molar-refractivity contribution in [3.8, 4) is 11.8 Å². The molecule has 0 spiro atoms. The minimum Gasteiger partial charge on any atom is -0.495 e. The van der Waals surface area contributed by atoms with Crippen LogP contribution >= 0.6 is 22.9 Å². The quantitative estimate of drug-likeness (QED) is 0.742. The molecule has 0 bridgehead atoms. The van der Waals surface area contributed by atoms with Crippen molar-refractivity contribution in [3.63, 3.8) is 0 Å². The zero-order valence-electron chi connectivity index (χ0n) is 7.37. The van der Waals surface area contributed by atoms with Crippen molar-refractivity contribution in [1.29, 1.82) is 5.26 Å². The van der Waals surface area contributed by atoms with Crippen LogP contribution in [-0.4, -0.2) is 7.11 Å². The summed E-state index contributed by atoms with van der Waals surface area (Å²) >= 11 is 7.50. The molecule has 1 aromatic heterocycles. The van der Waals surface area contributed by atoms with E-state index in [-0.39, 0.29) is 0 Å². The van der Waals surface area contributed by atoms with Gasteiger partial charge < -0.3 is 4.74 Å². The summed E-state index contributed by atoms with van der Waals surface area (Å²) in [5.41, 5.74) is 0.514. The Morgan fingerprint density at radius 1 is 1.50 bits per heavy atom. The maximum Gasteiger partial charge on any atom is 0.138 e. The van der Waals surface area contributed by atoms with E-state index in [4.69, 9.17) is 21.6 Å². The number of hydrogen-bond acceptors (Lipinski definition) is 3. The van der Waals surface area contributed by atoms with Gasteiger partial charge in [0.1, 0.15) is 11.8 Å². The molecule has 2 aromatic rings. The molecule has 0 aliphatic carbocycles. The molecule has 4 heteroatoms. The first-order valence-electron chi connectivity index (χ1n) is 3.91. The van der Waals surface area contributed by atoms with Crippen LogP contribution in [0.1, 0.15) is 5.56 Å². The average Bonchev–Trinajstić information content (AvgIpc) is 2.58. The Morgan fingerprint density at radius 3 is 2.93 bits per heavy atom. The molecule has 0 aliphatic heterocycles. The first-order valence-corrected chi connectivity index (χ1v) is 5.17. The van der Waals surface area contributed by atoms with Gasteiger partial charge in [-0.05, 0) is 12.1 Å². The van der Waals surface area contributed by atoms with Crippen LogP contribution in [-0.2, 0) is 0 Å². The number of hydrogen-bond donors (Lipinski definition) is 0. The summed E-state index contributed by atoms with van der Waals surface area (Å²) in [7, 11) is 1.55. The molecule has 1 heterocycles. The van der Waals surface area contributed by atoms with Crippen LogP contribution in [0.25, 0.3) is 10.1 Å². The normalized spacial score (nSPS) is 10.1. The van der Waals surface area contributed by atoms with Crippen LogP contribution in [0.15, 0.2) is 17.5 Å². The number of halogens is 1. The second-order valence-electron chi connectivity index (χ2n) is 2.74. The summed E-state index contributed by atoms with van der Waals surface area (Å²) < 4.78 is 6.13. The lowest BCUT2D eigenvalue weighted by atomic mass is 10.1. The van der Waals surface area contributed by atoms with E-state index in [9.17, 15) is 0 Å². The van der Waals surface area contributed by atoms with Crippen LogP contribution in [0.5, 0.6) is 5.75 Å². The zero-order valence-corrected chi connectivity index (χ0v) is 8.95. The third-order valence-corrected chi connectivity index (χ3v) is 3.36. The number of ether oxygens (including phenoxy) is 1. The fraction of sp³-hybridized carbons (Fsp3) is 0.100. The minimum atomic E-state index is 0.514. The van der Waals surface area contributed by atoms with Crippen LogP contribution in [0.4, 0.5) is 0 Å². The first kappa shape index (κ1) is 9.32. The van der Waals surface area contributed by atoms with Crippen molar-refractivity contribution < 1.29 is 4.74 Å². The number of nitrogens with zero attached hydrogens (tertiary/aromatic N) is 1. The number of methoxy groups -OCH3 is 1. The molecule has 0 amide bonds. The van der Waals surface area contributed by atoms with Crippen LogP contribution in [0.3, 0.4) is 0 Å². The van der Waals surface area contributed by atoms with E-state index in [0.29, 0.717) is 16.3 Å². The maximum absolute atomic E-state index is 8.87. The molecule has 0 radical (unpaired) electrons. The highest BCUT2D eigenvalue weighted by Crippen LogP contribution is 2.34. The fourth-order valence-corrected chi connectivity index (χ4v) is 2.45. The zero-order chi connectivity index (χ0) is 10.1. The Morgan fingerprint density at radius 2 is 2.29 bits per heavy atom. The summed E-state index contributed by atoms with van der Waals surface area (Å²) in [5, 5.41) is 12.3. The molecular weight excluding hydrogens is 218 g/mol.